The molecule has 0 bridgehead atoms. The maximum atomic E-state index is 12.8. The van der Waals surface area contributed by atoms with Crippen LogP contribution in [0.25, 0.3) is 0 Å². The molecule has 1 unspecified atom stereocenters. The molecule has 65 heavy (non-hydrogen) atoms. The van der Waals surface area contributed by atoms with Gasteiger partial charge in [0, 0.05) is 19.3 Å². The first-order chi connectivity index (χ1) is 32.0. The van der Waals surface area contributed by atoms with E-state index < -0.39 is 6.10 Å². The van der Waals surface area contributed by atoms with Crippen LogP contribution in [0, 0.1) is 0 Å². The number of rotatable bonds is 50. The zero-order valence-electron chi connectivity index (χ0n) is 43.0. The third kappa shape index (κ3) is 51.9. The van der Waals surface area contributed by atoms with Gasteiger partial charge in [-0.15, -0.1) is 0 Å². The van der Waals surface area contributed by atoms with Gasteiger partial charge in [0.25, 0.3) is 0 Å². The number of hydrogen-bond donors (Lipinski definition) is 0. The first kappa shape index (κ1) is 62.1. The summed E-state index contributed by atoms with van der Waals surface area (Å²) in [6.45, 7) is 6.47. The third-order valence-corrected chi connectivity index (χ3v) is 12.0. The summed E-state index contributed by atoms with van der Waals surface area (Å²) < 4.78 is 16.8. The Labute approximate surface area is 402 Å². The molecule has 0 heterocycles. The van der Waals surface area contributed by atoms with E-state index in [0.29, 0.717) is 19.3 Å². The number of esters is 3. The summed E-state index contributed by atoms with van der Waals surface area (Å²) in [4.78, 5) is 38.0. The molecule has 1 atom stereocenters. The molecule has 6 heteroatoms. The molecular formula is C59H104O6. The lowest BCUT2D eigenvalue weighted by Gasteiger charge is -2.18. The van der Waals surface area contributed by atoms with Gasteiger partial charge < -0.3 is 14.2 Å². The molecule has 0 saturated carbocycles. The molecule has 0 aromatic carbocycles. The van der Waals surface area contributed by atoms with E-state index in [1.54, 1.807) is 0 Å². The highest BCUT2D eigenvalue weighted by atomic mass is 16.6. The van der Waals surface area contributed by atoms with Crippen molar-refractivity contribution >= 4 is 17.9 Å². The van der Waals surface area contributed by atoms with Gasteiger partial charge in [0.05, 0.1) is 0 Å². The van der Waals surface area contributed by atoms with Crippen LogP contribution in [0.4, 0.5) is 0 Å². The smallest absolute Gasteiger partial charge is 0.306 e. The Balaban J connectivity index is 4.39. The number of carbonyl (C=O) groups excluding carboxylic acids is 3. The molecule has 0 rings (SSSR count). The number of carbonyl (C=O) groups is 3. The minimum Gasteiger partial charge on any atom is -0.462 e. The van der Waals surface area contributed by atoms with E-state index in [1.807, 2.05) is 6.08 Å². The second-order valence-corrected chi connectivity index (χ2v) is 18.5. The number of hydrogen-bond acceptors (Lipinski definition) is 6. The number of ether oxygens (including phenoxy) is 3. The lowest BCUT2D eigenvalue weighted by Crippen LogP contribution is -2.30. The average Bonchev–Trinajstić information content (AvgIpc) is 3.30. The summed E-state index contributed by atoms with van der Waals surface area (Å²) in [5.74, 6) is -0.981. The normalized spacial score (nSPS) is 12.5. The van der Waals surface area contributed by atoms with Crippen molar-refractivity contribution in [2.75, 3.05) is 13.2 Å². The second kappa shape index (κ2) is 53.7. The summed E-state index contributed by atoms with van der Waals surface area (Å²) in [5, 5.41) is 0. The molecule has 0 spiro atoms. The fraction of sp³-hybridized carbons (Fsp3) is 0.780. The highest BCUT2D eigenvalue weighted by molar-refractivity contribution is 5.71. The Hall–Kier alpha value is -2.89. The van der Waals surface area contributed by atoms with Crippen molar-refractivity contribution in [3.05, 3.63) is 60.8 Å². The fourth-order valence-corrected chi connectivity index (χ4v) is 7.86. The largest absolute Gasteiger partial charge is 0.462 e. The lowest BCUT2D eigenvalue weighted by atomic mass is 10.0. The average molecular weight is 909 g/mol. The Kier molecular flexibility index (Phi) is 51.3. The standard InChI is InChI=1S/C59H104O6/c1-4-7-10-13-16-19-22-25-27-28-29-30-32-34-37-40-43-46-49-52-58(61)64-55-56(54-63-57(60)51-48-45-42-39-36-33-24-21-18-15-12-9-6-3)65-59(62)53-50-47-44-41-38-35-31-26-23-20-17-14-11-8-5-2/h9,12,18,21,26,31,33,36,42,45,56H,4-8,10-11,13-17,19-20,22-25,27-30,32,34-35,37-41,43-44,46-55H2,1-3H3/b12-9-,21-18-,31-26-,36-33-,45-42-. The van der Waals surface area contributed by atoms with E-state index in [2.05, 4.69) is 75.5 Å². The third-order valence-electron chi connectivity index (χ3n) is 12.0. The molecule has 376 valence electrons. The maximum absolute atomic E-state index is 12.8. The van der Waals surface area contributed by atoms with Crippen LogP contribution in [0.1, 0.15) is 278 Å². The van der Waals surface area contributed by atoms with Crippen molar-refractivity contribution in [1.29, 1.82) is 0 Å². The Morgan fingerprint density at radius 3 is 1.03 bits per heavy atom. The van der Waals surface area contributed by atoms with Crippen molar-refractivity contribution in [1.82, 2.24) is 0 Å². The summed E-state index contributed by atoms with van der Waals surface area (Å²) in [7, 11) is 0. The van der Waals surface area contributed by atoms with Gasteiger partial charge >= 0.3 is 17.9 Å². The minimum atomic E-state index is -0.805. The van der Waals surface area contributed by atoms with E-state index >= 15 is 0 Å². The summed E-state index contributed by atoms with van der Waals surface area (Å²) in [6, 6.07) is 0. The Bertz CT molecular complexity index is 1180. The van der Waals surface area contributed by atoms with Crippen LogP contribution >= 0.6 is 0 Å². The molecule has 0 aromatic heterocycles. The maximum Gasteiger partial charge on any atom is 0.306 e. The minimum absolute atomic E-state index is 0.0970. The first-order valence-corrected chi connectivity index (χ1v) is 27.8. The lowest BCUT2D eigenvalue weighted by molar-refractivity contribution is -0.166. The highest BCUT2D eigenvalue weighted by Gasteiger charge is 2.19. The van der Waals surface area contributed by atoms with Crippen molar-refractivity contribution in [3.8, 4) is 0 Å². The molecule has 0 aliphatic carbocycles. The van der Waals surface area contributed by atoms with Gasteiger partial charge in [-0.1, -0.05) is 248 Å². The molecule has 0 radical (unpaired) electrons. The number of allylic oxidation sites excluding steroid dienone is 10. The van der Waals surface area contributed by atoms with Crippen LogP contribution in [-0.4, -0.2) is 37.2 Å². The molecule has 0 aliphatic rings. The van der Waals surface area contributed by atoms with Gasteiger partial charge in [-0.05, 0) is 70.6 Å². The molecule has 0 amide bonds. The Morgan fingerprint density at radius 2 is 0.631 bits per heavy atom. The van der Waals surface area contributed by atoms with Crippen molar-refractivity contribution < 1.29 is 28.6 Å². The quantitative estimate of drug-likeness (QED) is 0.0262. The van der Waals surface area contributed by atoms with Gasteiger partial charge in [0.1, 0.15) is 13.2 Å². The van der Waals surface area contributed by atoms with Crippen LogP contribution in [0.3, 0.4) is 0 Å². The molecule has 0 fully saturated rings. The van der Waals surface area contributed by atoms with Gasteiger partial charge in [0.2, 0.25) is 0 Å². The van der Waals surface area contributed by atoms with Crippen LogP contribution in [0.15, 0.2) is 60.8 Å². The molecule has 0 aliphatic heterocycles. The van der Waals surface area contributed by atoms with Crippen LogP contribution < -0.4 is 0 Å². The van der Waals surface area contributed by atoms with Crippen LogP contribution in [0.2, 0.25) is 0 Å². The van der Waals surface area contributed by atoms with E-state index in [0.717, 1.165) is 77.0 Å². The first-order valence-electron chi connectivity index (χ1n) is 27.8. The predicted octanol–water partition coefficient (Wildman–Crippen LogP) is 18.4. The molecule has 0 aromatic rings. The zero-order valence-corrected chi connectivity index (χ0v) is 43.0. The molecule has 0 N–H and O–H groups in total. The van der Waals surface area contributed by atoms with Crippen molar-refractivity contribution in [3.63, 3.8) is 0 Å². The predicted molar refractivity (Wildman–Crippen MR) is 279 cm³/mol. The SMILES string of the molecule is CC/C=C\C/C=C\C/C=C\C/C=C\CCC(=O)OCC(COC(=O)CCCCCCCCCCCCCCCCCCCCC)OC(=O)CCCCCCC/C=C\CCCCCCCC. The summed E-state index contributed by atoms with van der Waals surface area (Å²) in [6.07, 6.45) is 66.6. The van der Waals surface area contributed by atoms with E-state index in [9.17, 15) is 14.4 Å². The van der Waals surface area contributed by atoms with Gasteiger partial charge in [-0.2, -0.15) is 0 Å². The monoisotopic (exact) mass is 909 g/mol. The van der Waals surface area contributed by atoms with Crippen molar-refractivity contribution in [2.24, 2.45) is 0 Å². The van der Waals surface area contributed by atoms with Gasteiger partial charge in [0.15, 0.2) is 6.10 Å². The summed E-state index contributed by atoms with van der Waals surface area (Å²) in [5.41, 5.74) is 0. The topological polar surface area (TPSA) is 78.9 Å². The molecular weight excluding hydrogens is 805 g/mol. The number of unbranched alkanes of at least 4 members (excludes halogenated alkanes) is 29. The zero-order chi connectivity index (χ0) is 47.2. The van der Waals surface area contributed by atoms with Gasteiger partial charge in [-0.25, -0.2) is 0 Å². The Morgan fingerprint density at radius 1 is 0.323 bits per heavy atom. The second-order valence-electron chi connectivity index (χ2n) is 18.5. The molecule has 0 saturated heterocycles. The van der Waals surface area contributed by atoms with E-state index in [1.165, 1.54) is 154 Å². The summed E-state index contributed by atoms with van der Waals surface area (Å²) >= 11 is 0. The van der Waals surface area contributed by atoms with Gasteiger partial charge in [-0.3, -0.25) is 14.4 Å². The van der Waals surface area contributed by atoms with Crippen LogP contribution in [0.5, 0.6) is 0 Å². The molecule has 6 nitrogen and oxygen atoms in total. The van der Waals surface area contributed by atoms with E-state index in [-0.39, 0.29) is 37.5 Å². The fourth-order valence-electron chi connectivity index (χ4n) is 7.86. The van der Waals surface area contributed by atoms with Crippen LogP contribution in [-0.2, 0) is 28.6 Å². The van der Waals surface area contributed by atoms with E-state index in [4.69, 9.17) is 14.2 Å². The van der Waals surface area contributed by atoms with Crippen molar-refractivity contribution in [2.45, 2.75) is 284 Å². The highest BCUT2D eigenvalue weighted by Crippen LogP contribution is 2.16.